The second-order valence-electron chi connectivity index (χ2n) is 7.40. The summed E-state index contributed by atoms with van der Waals surface area (Å²) in [5.41, 5.74) is 1.50. The maximum atomic E-state index is 13.3. The molecule has 8 nitrogen and oxygen atoms in total. The van der Waals surface area contributed by atoms with E-state index in [0.717, 1.165) is 15.7 Å². The van der Waals surface area contributed by atoms with Crippen LogP contribution in [-0.2, 0) is 17.9 Å². The molecule has 1 N–H and O–H groups in total. The van der Waals surface area contributed by atoms with Gasteiger partial charge in [-0.3, -0.25) is 18.7 Å². The van der Waals surface area contributed by atoms with E-state index in [4.69, 9.17) is 4.74 Å². The van der Waals surface area contributed by atoms with Gasteiger partial charge in [-0.25, -0.2) is 9.78 Å². The van der Waals surface area contributed by atoms with Gasteiger partial charge in [0, 0.05) is 11.9 Å². The number of anilines is 1. The highest BCUT2D eigenvalue weighted by molar-refractivity contribution is 5.91. The molecule has 0 spiro atoms. The fourth-order valence-electron chi connectivity index (χ4n) is 3.51. The molecular weight excluding hydrogens is 408 g/mol. The van der Waals surface area contributed by atoms with Crippen LogP contribution in [0.25, 0.3) is 11.0 Å². The molecule has 2 aromatic heterocycles. The zero-order chi connectivity index (χ0) is 22.7. The first-order valence-corrected chi connectivity index (χ1v) is 10.0. The maximum absolute atomic E-state index is 13.3. The molecule has 0 aliphatic heterocycles. The molecule has 0 atom stereocenters. The first-order chi connectivity index (χ1) is 15.5. The number of aromatic nitrogens is 3. The SMILES string of the molecule is COc1ccc(Cn2c(=O)c3cccnc3n(CC(=O)Nc3cccc(C)c3)c2=O)cc1. The van der Waals surface area contributed by atoms with Crippen molar-refractivity contribution in [3.8, 4) is 5.75 Å². The molecule has 2 heterocycles. The number of nitrogens with zero attached hydrogens (tertiary/aromatic N) is 3. The minimum Gasteiger partial charge on any atom is -0.497 e. The lowest BCUT2D eigenvalue weighted by Gasteiger charge is -2.14. The van der Waals surface area contributed by atoms with Crippen LogP contribution in [0.15, 0.2) is 76.4 Å². The Labute approximate surface area is 183 Å². The van der Waals surface area contributed by atoms with Gasteiger partial charge in [-0.2, -0.15) is 0 Å². The van der Waals surface area contributed by atoms with Crippen molar-refractivity contribution >= 4 is 22.6 Å². The number of ether oxygens (including phenoxy) is 1. The van der Waals surface area contributed by atoms with Gasteiger partial charge in [0.2, 0.25) is 5.91 Å². The van der Waals surface area contributed by atoms with E-state index in [2.05, 4.69) is 10.3 Å². The Morgan fingerprint density at radius 3 is 2.53 bits per heavy atom. The highest BCUT2D eigenvalue weighted by Gasteiger charge is 2.16. The summed E-state index contributed by atoms with van der Waals surface area (Å²) in [4.78, 5) is 43.2. The van der Waals surface area contributed by atoms with E-state index in [9.17, 15) is 14.4 Å². The normalized spacial score (nSPS) is 10.8. The number of carbonyl (C=O) groups is 1. The van der Waals surface area contributed by atoms with Crippen molar-refractivity contribution in [3.63, 3.8) is 0 Å². The van der Waals surface area contributed by atoms with Crippen molar-refractivity contribution in [1.29, 1.82) is 0 Å². The number of nitrogens with one attached hydrogen (secondary N) is 1. The third-order valence-corrected chi connectivity index (χ3v) is 5.08. The molecule has 0 radical (unpaired) electrons. The van der Waals surface area contributed by atoms with Crippen molar-refractivity contribution in [2.75, 3.05) is 12.4 Å². The summed E-state index contributed by atoms with van der Waals surface area (Å²) in [6.45, 7) is 1.71. The molecule has 0 saturated carbocycles. The molecule has 4 aromatic rings. The van der Waals surface area contributed by atoms with E-state index in [0.29, 0.717) is 11.4 Å². The summed E-state index contributed by atoms with van der Waals surface area (Å²) in [7, 11) is 1.57. The van der Waals surface area contributed by atoms with Gasteiger partial charge in [0.05, 0.1) is 19.0 Å². The summed E-state index contributed by atoms with van der Waals surface area (Å²) in [6.07, 6.45) is 1.49. The summed E-state index contributed by atoms with van der Waals surface area (Å²) in [6, 6.07) is 17.7. The van der Waals surface area contributed by atoms with Crippen LogP contribution < -0.4 is 21.3 Å². The molecule has 0 unspecified atom stereocenters. The average Bonchev–Trinajstić information content (AvgIpc) is 2.80. The van der Waals surface area contributed by atoms with Crippen molar-refractivity contribution in [3.05, 3.63) is 98.8 Å². The Morgan fingerprint density at radius 1 is 1.03 bits per heavy atom. The second-order valence-corrected chi connectivity index (χ2v) is 7.40. The van der Waals surface area contributed by atoms with Gasteiger partial charge in [0.1, 0.15) is 17.9 Å². The lowest BCUT2D eigenvalue weighted by molar-refractivity contribution is -0.116. The molecule has 0 saturated heterocycles. The molecular formula is C24H22N4O4. The highest BCUT2D eigenvalue weighted by Crippen LogP contribution is 2.13. The fourth-order valence-corrected chi connectivity index (χ4v) is 3.51. The van der Waals surface area contributed by atoms with Gasteiger partial charge in [0.15, 0.2) is 0 Å². The van der Waals surface area contributed by atoms with Gasteiger partial charge in [-0.05, 0) is 54.4 Å². The quantitative estimate of drug-likeness (QED) is 0.507. The van der Waals surface area contributed by atoms with Crippen molar-refractivity contribution in [2.45, 2.75) is 20.0 Å². The summed E-state index contributed by atoms with van der Waals surface area (Å²) in [5, 5.41) is 3.06. The smallest absolute Gasteiger partial charge is 0.333 e. The number of aryl methyl sites for hydroxylation is 1. The molecule has 1 amide bonds. The third-order valence-electron chi connectivity index (χ3n) is 5.08. The largest absolute Gasteiger partial charge is 0.497 e. The summed E-state index contributed by atoms with van der Waals surface area (Å²) >= 11 is 0. The van der Waals surface area contributed by atoms with Gasteiger partial charge in [-0.1, -0.05) is 24.3 Å². The van der Waals surface area contributed by atoms with Gasteiger partial charge < -0.3 is 10.1 Å². The van der Waals surface area contributed by atoms with Crippen LogP contribution in [0.4, 0.5) is 5.69 Å². The van der Waals surface area contributed by atoms with Crippen LogP contribution in [0.1, 0.15) is 11.1 Å². The number of methoxy groups -OCH3 is 1. The zero-order valence-electron chi connectivity index (χ0n) is 17.7. The predicted molar refractivity (Wildman–Crippen MR) is 122 cm³/mol. The Hall–Kier alpha value is -4.20. The van der Waals surface area contributed by atoms with E-state index in [1.807, 2.05) is 25.1 Å². The zero-order valence-corrected chi connectivity index (χ0v) is 17.7. The van der Waals surface area contributed by atoms with Crippen LogP contribution in [-0.4, -0.2) is 27.1 Å². The number of pyridine rings is 1. The highest BCUT2D eigenvalue weighted by atomic mass is 16.5. The van der Waals surface area contributed by atoms with Crippen molar-refractivity contribution in [1.82, 2.24) is 14.1 Å². The van der Waals surface area contributed by atoms with Crippen LogP contribution in [0.3, 0.4) is 0 Å². The maximum Gasteiger partial charge on any atom is 0.333 e. The lowest BCUT2D eigenvalue weighted by atomic mass is 10.2. The average molecular weight is 430 g/mol. The summed E-state index contributed by atoms with van der Waals surface area (Å²) in [5.74, 6) is 0.285. The van der Waals surface area contributed by atoms with Crippen LogP contribution in [0.5, 0.6) is 5.75 Å². The van der Waals surface area contributed by atoms with Crippen molar-refractivity contribution in [2.24, 2.45) is 0 Å². The monoisotopic (exact) mass is 430 g/mol. The standard InChI is InChI=1S/C24H22N4O4/c1-16-5-3-6-18(13-16)26-21(29)15-27-22-20(7-4-12-25-22)23(30)28(24(27)31)14-17-8-10-19(32-2)11-9-17/h3-13H,14-15H2,1-2H3,(H,26,29). The van der Waals surface area contributed by atoms with E-state index >= 15 is 0 Å². The number of hydrogen-bond acceptors (Lipinski definition) is 5. The summed E-state index contributed by atoms with van der Waals surface area (Å²) < 4.78 is 7.50. The molecule has 0 bridgehead atoms. The van der Waals surface area contributed by atoms with Crippen LogP contribution in [0.2, 0.25) is 0 Å². The number of hydrogen-bond donors (Lipinski definition) is 1. The molecule has 8 heteroatoms. The van der Waals surface area contributed by atoms with Crippen molar-refractivity contribution < 1.29 is 9.53 Å². The molecule has 4 rings (SSSR count). The number of amides is 1. The van der Waals surface area contributed by atoms with E-state index < -0.39 is 11.2 Å². The molecule has 0 fully saturated rings. The van der Waals surface area contributed by atoms with E-state index in [-0.39, 0.29) is 30.0 Å². The predicted octanol–water partition coefficient (Wildman–Crippen LogP) is 2.56. The number of carbonyl (C=O) groups excluding carboxylic acids is 1. The number of rotatable bonds is 6. The lowest BCUT2D eigenvalue weighted by Crippen LogP contribution is -2.42. The third kappa shape index (κ3) is 4.29. The second kappa shape index (κ2) is 8.89. The molecule has 162 valence electrons. The molecule has 2 aromatic carbocycles. The van der Waals surface area contributed by atoms with E-state index in [1.165, 1.54) is 10.8 Å². The Kier molecular flexibility index (Phi) is 5.85. The number of fused-ring (bicyclic) bond motifs is 1. The van der Waals surface area contributed by atoms with Crippen LogP contribution >= 0.6 is 0 Å². The van der Waals surface area contributed by atoms with E-state index in [1.54, 1.807) is 49.6 Å². The minimum atomic E-state index is -0.601. The first-order valence-electron chi connectivity index (χ1n) is 10.0. The van der Waals surface area contributed by atoms with Crippen LogP contribution in [0, 0.1) is 6.92 Å². The number of benzene rings is 2. The topological polar surface area (TPSA) is 95.2 Å². The fraction of sp³-hybridized carbons (Fsp3) is 0.167. The Morgan fingerprint density at radius 2 is 1.81 bits per heavy atom. The molecule has 32 heavy (non-hydrogen) atoms. The minimum absolute atomic E-state index is 0.0615. The van der Waals surface area contributed by atoms with Gasteiger partial charge >= 0.3 is 5.69 Å². The van der Waals surface area contributed by atoms with Gasteiger partial charge in [-0.15, -0.1) is 0 Å². The Bertz CT molecular complexity index is 1400. The molecule has 0 aliphatic carbocycles. The van der Waals surface area contributed by atoms with Gasteiger partial charge in [0.25, 0.3) is 5.56 Å². The first kappa shape index (κ1) is 21.0. The Balaban J connectivity index is 1.73. The molecule has 0 aliphatic rings.